The highest BCUT2D eigenvalue weighted by atomic mass is 32.2. The van der Waals surface area contributed by atoms with E-state index in [-0.39, 0.29) is 28.4 Å². The van der Waals surface area contributed by atoms with Crippen molar-refractivity contribution in [1.82, 2.24) is 19.7 Å². The third-order valence-electron chi connectivity index (χ3n) is 7.04. The summed E-state index contributed by atoms with van der Waals surface area (Å²) >= 11 is 0. The van der Waals surface area contributed by atoms with Crippen LogP contribution in [-0.4, -0.2) is 66.5 Å². The van der Waals surface area contributed by atoms with E-state index in [1.54, 1.807) is 37.4 Å². The van der Waals surface area contributed by atoms with Crippen molar-refractivity contribution in [2.75, 3.05) is 32.6 Å². The van der Waals surface area contributed by atoms with Gasteiger partial charge in [0.25, 0.3) is 0 Å². The minimum absolute atomic E-state index is 0.0358. The Morgan fingerprint density at radius 1 is 1.06 bits per heavy atom. The van der Waals surface area contributed by atoms with Gasteiger partial charge in [0.1, 0.15) is 11.6 Å². The second-order valence-electron chi connectivity index (χ2n) is 8.94. The lowest BCUT2D eigenvalue weighted by Gasteiger charge is -2.41. The van der Waals surface area contributed by atoms with Crippen LogP contribution in [0.15, 0.2) is 35.2 Å². The summed E-state index contributed by atoms with van der Waals surface area (Å²) in [6, 6.07) is 8.35. The predicted molar refractivity (Wildman–Crippen MR) is 120 cm³/mol. The summed E-state index contributed by atoms with van der Waals surface area (Å²) in [5, 5.41) is 8.74. The van der Waals surface area contributed by atoms with Gasteiger partial charge in [0.05, 0.1) is 17.3 Å². The van der Waals surface area contributed by atoms with Crippen LogP contribution in [0.3, 0.4) is 0 Å². The van der Waals surface area contributed by atoms with E-state index in [0.29, 0.717) is 19.7 Å². The van der Waals surface area contributed by atoms with E-state index in [1.165, 1.54) is 0 Å². The highest BCUT2D eigenvalue weighted by Crippen LogP contribution is 2.41. The number of ether oxygens (including phenoxy) is 1. The molecule has 0 unspecified atom stereocenters. The van der Waals surface area contributed by atoms with Crippen molar-refractivity contribution in [1.29, 1.82) is 0 Å². The van der Waals surface area contributed by atoms with Crippen molar-refractivity contribution in [3.05, 3.63) is 42.0 Å². The third-order valence-corrected chi connectivity index (χ3v) is 8.77. The molecule has 1 amide bonds. The number of carbonyl (C=O) groups excluding carboxylic acids is 1. The lowest BCUT2D eigenvalue weighted by molar-refractivity contribution is -0.133. The Morgan fingerprint density at radius 2 is 1.78 bits per heavy atom. The molecule has 1 aromatic carbocycles. The maximum Gasteiger partial charge on any atom is 0.223 e. The summed E-state index contributed by atoms with van der Waals surface area (Å²) in [7, 11) is -1.74. The maximum absolute atomic E-state index is 12.7. The average Bonchev–Trinajstić information content (AvgIpc) is 3.12. The van der Waals surface area contributed by atoms with Gasteiger partial charge in [-0.15, -0.1) is 10.2 Å². The molecule has 1 fully saturated rings. The van der Waals surface area contributed by atoms with Crippen molar-refractivity contribution in [3.63, 3.8) is 0 Å². The first-order chi connectivity index (χ1) is 15.4. The summed E-state index contributed by atoms with van der Waals surface area (Å²) in [4.78, 5) is 14.9. The second kappa shape index (κ2) is 9.70. The molecule has 8 nitrogen and oxygen atoms in total. The fourth-order valence-corrected chi connectivity index (χ4v) is 6.15. The van der Waals surface area contributed by atoms with Gasteiger partial charge in [-0.25, -0.2) is 8.42 Å². The zero-order valence-electron chi connectivity index (χ0n) is 18.7. The van der Waals surface area contributed by atoms with Crippen LogP contribution >= 0.6 is 0 Å². The summed E-state index contributed by atoms with van der Waals surface area (Å²) < 4.78 is 32.4. The average molecular weight is 461 g/mol. The highest BCUT2D eigenvalue weighted by Gasteiger charge is 2.37. The van der Waals surface area contributed by atoms with Gasteiger partial charge in [-0.1, -0.05) is 18.2 Å². The number of rotatable bonds is 7. The van der Waals surface area contributed by atoms with Crippen LogP contribution in [-0.2, 0) is 38.8 Å². The van der Waals surface area contributed by atoms with Gasteiger partial charge >= 0.3 is 0 Å². The van der Waals surface area contributed by atoms with Crippen molar-refractivity contribution < 1.29 is 17.9 Å². The molecule has 0 bridgehead atoms. The van der Waals surface area contributed by atoms with E-state index in [4.69, 9.17) is 4.74 Å². The molecule has 0 N–H and O–H groups in total. The Balaban J connectivity index is 1.30. The molecular formula is C23H32N4O4S. The second-order valence-corrected chi connectivity index (χ2v) is 11.0. The number of aromatic nitrogens is 3. The van der Waals surface area contributed by atoms with E-state index in [9.17, 15) is 13.2 Å². The number of hydrogen-bond acceptors (Lipinski definition) is 6. The van der Waals surface area contributed by atoms with E-state index < -0.39 is 9.84 Å². The molecule has 4 rings (SSSR count). The van der Waals surface area contributed by atoms with Crippen LogP contribution in [0.2, 0.25) is 0 Å². The normalized spacial score (nSPS) is 18.3. The molecule has 2 aliphatic rings. The topological polar surface area (TPSA) is 94.4 Å². The van der Waals surface area contributed by atoms with Gasteiger partial charge in [0.15, 0.2) is 9.84 Å². The van der Waals surface area contributed by atoms with Crippen molar-refractivity contribution >= 4 is 15.7 Å². The summed E-state index contributed by atoms with van der Waals surface area (Å²) in [6.07, 6.45) is 5.73. The molecule has 0 saturated carbocycles. The smallest absolute Gasteiger partial charge is 0.223 e. The summed E-state index contributed by atoms with van der Waals surface area (Å²) in [6.45, 7) is 2.94. The number of fused-ring (bicyclic) bond motifs is 1. The molecule has 2 aromatic rings. The fourth-order valence-electron chi connectivity index (χ4n) is 4.90. The van der Waals surface area contributed by atoms with Gasteiger partial charge in [-0.2, -0.15) is 0 Å². The molecule has 1 saturated heterocycles. The minimum atomic E-state index is -3.43. The number of hydrogen-bond donors (Lipinski definition) is 0. The van der Waals surface area contributed by atoms with E-state index in [1.807, 2.05) is 4.90 Å². The van der Waals surface area contributed by atoms with Crippen LogP contribution in [0.5, 0.6) is 0 Å². The molecule has 174 valence electrons. The minimum Gasteiger partial charge on any atom is -0.384 e. The quantitative estimate of drug-likeness (QED) is 0.629. The molecule has 9 heteroatoms. The Hall–Kier alpha value is -2.26. The zero-order chi connectivity index (χ0) is 22.6. The Kier molecular flexibility index (Phi) is 6.95. The fraction of sp³-hybridized carbons (Fsp3) is 0.609. The van der Waals surface area contributed by atoms with Crippen LogP contribution in [0.1, 0.15) is 43.8 Å². The standard InChI is InChI=1S/C23H32N4O4S/c1-31-17-8-21-25-24-20-7-10-23(13-16-27(20)21)11-14-26(15-12-23)22(28)9-18-32(29,30)19-5-3-2-4-6-19/h2-6H,7-18H2,1H3. The van der Waals surface area contributed by atoms with Crippen LogP contribution in [0, 0.1) is 5.41 Å². The number of amides is 1. The number of carbonyl (C=O) groups is 1. The van der Waals surface area contributed by atoms with Gasteiger partial charge < -0.3 is 14.2 Å². The first-order valence-electron chi connectivity index (χ1n) is 11.4. The van der Waals surface area contributed by atoms with Crippen LogP contribution < -0.4 is 0 Å². The maximum atomic E-state index is 12.7. The number of benzene rings is 1. The first-order valence-corrected chi connectivity index (χ1v) is 13.0. The molecule has 1 spiro atoms. The monoisotopic (exact) mass is 460 g/mol. The van der Waals surface area contributed by atoms with Crippen molar-refractivity contribution in [2.45, 2.75) is 56.4 Å². The number of aryl methyl sites for hydroxylation is 1. The summed E-state index contributed by atoms with van der Waals surface area (Å²) in [5.74, 6) is 1.84. The predicted octanol–water partition coefficient (Wildman–Crippen LogP) is 2.28. The third kappa shape index (κ3) is 5.04. The molecule has 0 atom stereocenters. The Labute approximate surface area is 189 Å². The zero-order valence-corrected chi connectivity index (χ0v) is 19.5. The van der Waals surface area contributed by atoms with E-state index in [0.717, 1.165) is 56.7 Å². The summed E-state index contributed by atoms with van der Waals surface area (Å²) in [5.41, 5.74) is 0.214. The largest absolute Gasteiger partial charge is 0.384 e. The van der Waals surface area contributed by atoms with E-state index in [2.05, 4.69) is 14.8 Å². The van der Waals surface area contributed by atoms with Gasteiger partial charge in [-0.05, 0) is 43.2 Å². The number of methoxy groups -OCH3 is 1. The molecule has 2 aliphatic heterocycles. The molecule has 1 aromatic heterocycles. The van der Waals surface area contributed by atoms with Crippen molar-refractivity contribution in [3.8, 4) is 0 Å². The SMILES string of the molecule is COCCc1nnc2n1CCC1(CC2)CCN(C(=O)CCS(=O)(=O)c2ccccc2)CC1. The lowest BCUT2D eigenvalue weighted by Crippen LogP contribution is -2.43. The molecular weight excluding hydrogens is 428 g/mol. The number of piperidine rings is 1. The molecule has 0 radical (unpaired) electrons. The molecule has 0 aliphatic carbocycles. The van der Waals surface area contributed by atoms with Crippen LogP contribution in [0.25, 0.3) is 0 Å². The Bertz CT molecular complexity index is 1030. The van der Waals surface area contributed by atoms with Gasteiger partial charge in [0.2, 0.25) is 5.91 Å². The number of likely N-dealkylation sites (tertiary alicyclic amines) is 1. The lowest BCUT2D eigenvalue weighted by atomic mass is 9.72. The van der Waals surface area contributed by atoms with Gasteiger partial charge in [0, 0.05) is 46.0 Å². The van der Waals surface area contributed by atoms with Gasteiger partial charge in [-0.3, -0.25) is 4.79 Å². The highest BCUT2D eigenvalue weighted by molar-refractivity contribution is 7.91. The first kappa shape index (κ1) is 22.9. The number of sulfone groups is 1. The molecule has 3 heterocycles. The van der Waals surface area contributed by atoms with Crippen LogP contribution in [0.4, 0.5) is 0 Å². The van der Waals surface area contributed by atoms with Crippen molar-refractivity contribution in [2.24, 2.45) is 5.41 Å². The van der Waals surface area contributed by atoms with E-state index >= 15 is 0 Å². The number of nitrogens with zero attached hydrogens (tertiary/aromatic N) is 4. The molecule has 32 heavy (non-hydrogen) atoms. The Morgan fingerprint density at radius 3 is 2.50 bits per heavy atom.